The summed E-state index contributed by atoms with van der Waals surface area (Å²) in [6.07, 6.45) is 2.31. The van der Waals surface area contributed by atoms with E-state index in [0.29, 0.717) is 26.1 Å². The summed E-state index contributed by atoms with van der Waals surface area (Å²) in [5, 5.41) is 9.82. The first-order valence-corrected chi connectivity index (χ1v) is 6.72. The largest absolute Gasteiger partial charge is 0.393 e. The molecular weight excluding hydrogens is 218 g/mol. The summed E-state index contributed by atoms with van der Waals surface area (Å²) < 4.78 is 5.45. The van der Waals surface area contributed by atoms with Crippen molar-refractivity contribution in [3.8, 4) is 0 Å². The Morgan fingerprint density at radius 2 is 2.24 bits per heavy atom. The second-order valence-corrected chi connectivity index (χ2v) is 5.28. The van der Waals surface area contributed by atoms with Crippen LogP contribution in [-0.4, -0.2) is 47.8 Å². The number of carbonyl (C=O) groups is 1. The van der Waals surface area contributed by atoms with Gasteiger partial charge in [0.1, 0.15) is 0 Å². The van der Waals surface area contributed by atoms with Crippen LogP contribution >= 0.6 is 0 Å². The SMILES string of the molecule is CCC1CN(C(=O)C2CCOC2C)CCC1O. The minimum absolute atomic E-state index is 0.0303. The number of aliphatic hydroxyl groups excluding tert-OH is 1. The maximum atomic E-state index is 12.3. The Morgan fingerprint density at radius 1 is 1.47 bits per heavy atom. The molecule has 0 spiro atoms. The van der Waals surface area contributed by atoms with Gasteiger partial charge in [0.2, 0.25) is 5.91 Å². The lowest BCUT2D eigenvalue weighted by Crippen LogP contribution is -2.48. The molecule has 1 amide bonds. The van der Waals surface area contributed by atoms with Crippen molar-refractivity contribution in [2.45, 2.75) is 45.3 Å². The van der Waals surface area contributed by atoms with Crippen molar-refractivity contribution in [1.82, 2.24) is 4.90 Å². The predicted molar refractivity (Wildman–Crippen MR) is 64.5 cm³/mol. The fourth-order valence-corrected chi connectivity index (χ4v) is 2.91. The molecule has 0 aromatic rings. The van der Waals surface area contributed by atoms with Gasteiger partial charge in [-0.3, -0.25) is 4.79 Å². The molecule has 4 nitrogen and oxygen atoms in total. The first-order valence-electron chi connectivity index (χ1n) is 6.72. The lowest BCUT2D eigenvalue weighted by atomic mass is 9.91. The van der Waals surface area contributed by atoms with Crippen LogP contribution in [0.3, 0.4) is 0 Å². The normalized spacial score (nSPS) is 38.4. The summed E-state index contributed by atoms with van der Waals surface area (Å²) in [5.41, 5.74) is 0. The third-order valence-electron chi connectivity index (χ3n) is 4.22. The quantitative estimate of drug-likeness (QED) is 0.785. The summed E-state index contributed by atoms with van der Waals surface area (Å²) in [6, 6.07) is 0. The number of ether oxygens (including phenoxy) is 1. The van der Waals surface area contributed by atoms with E-state index >= 15 is 0 Å². The van der Waals surface area contributed by atoms with Crippen molar-refractivity contribution in [2.24, 2.45) is 11.8 Å². The number of aliphatic hydroxyl groups is 1. The van der Waals surface area contributed by atoms with E-state index in [2.05, 4.69) is 6.92 Å². The van der Waals surface area contributed by atoms with Gasteiger partial charge in [0.05, 0.1) is 18.1 Å². The average molecular weight is 241 g/mol. The van der Waals surface area contributed by atoms with Crippen LogP contribution in [0.15, 0.2) is 0 Å². The zero-order valence-electron chi connectivity index (χ0n) is 10.8. The van der Waals surface area contributed by atoms with Crippen LogP contribution in [0.2, 0.25) is 0 Å². The second-order valence-electron chi connectivity index (χ2n) is 5.28. The number of hydrogen-bond donors (Lipinski definition) is 1. The topological polar surface area (TPSA) is 49.8 Å². The van der Waals surface area contributed by atoms with Crippen molar-refractivity contribution in [3.63, 3.8) is 0 Å². The van der Waals surface area contributed by atoms with E-state index in [0.717, 1.165) is 12.8 Å². The smallest absolute Gasteiger partial charge is 0.228 e. The van der Waals surface area contributed by atoms with Gasteiger partial charge in [-0.25, -0.2) is 0 Å². The maximum Gasteiger partial charge on any atom is 0.228 e. The summed E-state index contributed by atoms with van der Waals surface area (Å²) >= 11 is 0. The third-order valence-corrected chi connectivity index (χ3v) is 4.22. The molecule has 98 valence electrons. The Kier molecular flexibility index (Phi) is 4.05. The van der Waals surface area contributed by atoms with Gasteiger partial charge in [-0.1, -0.05) is 6.92 Å². The number of rotatable bonds is 2. The predicted octanol–water partition coefficient (Wildman–Crippen LogP) is 1.03. The molecule has 0 aromatic carbocycles. The van der Waals surface area contributed by atoms with Gasteiger partial charge in [-0.2, -0.15) is 0 Å². The first kappa shape index (κ1) is 12.8. The lowest BCUT2D eigenvalue weighted by Gasteiger charge is -2.37. The van der Waals surface area contributed by atoms with E-state index in [1.165, 1.54) is 0 Å². The second kappa shape index (κ2) is 5.36. The van der Waals surface area contributed by atoms with E-state index in [1.807, 2.05) is 11.8 Å². The molecule has 17 heavy (non-hydrogen) atoms. The number of likely N-dealkylation sites (tertiary alicyclic amines) is 1. The Hall–Kier alpha value is -0.610. The highest BCUT2D eigenvalue weighted by molar-refractivity contribution is 5.79. The third kappa shape index (κ3) is 2.63. The minimum Gasteiger partial charge on any atom is -0.393 e. The minimum atomic E-state index is -0.235. The molecule has 2 heterocycles. The van der Waals surface area contributed by atoms with E-state index in [-0.39, 0.29) is 30.0 Å². The van der Waals surface area contributed by atoms with Crippen LogP contribution in [0.1, 0.15) is 33.1 Å². The number of nitrogens with zero attached hydrogens (tertiary/aromatic N) is 1. The highest BCUT2D eigenvalue weighted by Crippen LogP contribution is 2.26. The number of piperidine rings is 1. The van der Waals surface area contributed by atoms with Crippen LogP contribution in [0.4, 0.5) is 0 Å². The van der Waals surface area contributed by atoms with Crippen molar-refractivity contribution < 1.29 is 14.6 Å². The molecule has 4 unspecified atom stereocenters. The van der Waals surface area contributed by atoms with Gasteiger partial charge in [0, 0.05) is 25.6 Å². The zero-order chi connectivity index (χ0) is 12.4. The molecule has 2 saturated heterocycles. The molecule has 4 atom stereocenters. The summed E-state index contributed by atoms with van der Waals surface area (Å²) in [5.74, 6) is 0.494. The van der Waals surface area contributed by atoms with Crippen LogP contribution in [0.5, 0.6) is 0 Å². The first-order chi connectivity index (χ1) is 8.13. The summed E-state index contributed by atoms with van der Waals surface area (Å²) in [6.45, 7) is 6.15. The van der Waals surface area contributed by atoms with Gasteiger partial charge < -0.3 is 14.7 Å². The van der Waals surface area contributed by atoms with Crippen LogP contribution in [-0.2, 0) is 9.53 Å². The van der Waals surface area contributed by atoms with Gasteiger partial charge in [0.25, 0.3) is 0 Å². The van der Waals surface area contributed by atoms with Crippen LogP contribution in [0, 0.1) is 11.8 Å². The van der Waals surface area contributed by atoms with Gasteiger partial charge >= 0.3 is 0 Å². The number of hydrogen-bond acceptors (Lipinski definition) is 3. The molecule has 2 aliphatic rings. The molecule has 2 fully saturated rings. The molecule has 2 aliphatic heterocycles. The Balaban J connectivity index is 1.95. The molecule has 0 saturated carbocycles. The average Bonchev–Trinajstić information content (AvgIpc) is 2.75. The van der Waals surface area contributed by atoms with E-state index in [1.54, 1.807) is 0 Å². The van der Waals surface area contributed by atoms with Crippen molar-refractivity contribution in [2.75, 3.05) is 19.7 Å². The van der Waals surface area contributed by atoms with Gasteiger partial charge in [-0.05, 0) is 26.2 Å². The summed E-state index contributed by atoms with van der Waals surface area (Å²) in [7, 11) is 0. The molecule has 2 rings (SSSR count). The Morgan fingerprint density at radius 3 is 2.82 bits per heavy atom. The van der Waals surface area contributed by atoms with Crippen LogP contribution in [0.25, 0.3) is 0 Å². The highest BCUT2D eigenvalue weighted by Gasteiger charge is 2.37. The van der Waals surface area contributed by atoms with Crippen LogP contribution < -0.4 is 0 Å². The van der Waals surface area contributed by atoms with Gasteiger partial charge in [-0.15, -0.1) is 0 Å². The summed E-state index contributed by atoms with van der Waals surface area (Å²) in [4.78, 5) is 14.3. The molecule has 0 bridgehead atoms. The Labute approximate surface area is 103 Å². The van der Waals surface area contributed by atoms with Gasteiger partial charge in [0.15, 0.2) is 0 Å². The fourth-order valence-electron chi connectivity index (χ4n) is 2.91. The Bertz CT molecular complexity index is 282. The fraction of sp³-hybridized carbons (Fsp3) is 0.923. The molecule has 0 aromatic heterocycles. The lowest BCUT2D eigenvalue weighted by molar-refractivity contribution is -0.140. The van der Waals surface area contributed by atoms with E-state index in [4.69, 9.17) is 4.74 Å². The van der Waals surface area contributed by atoms with Crippen molar-refractivity contribution in [1.29, 1.82) is 0 Å². The molecule has 0 radical (unpaired) electrons. The standard InChI is InChI=1S/C13H23NO3/c1-3-10-8-14(6-4-12(10)15)13(16)11-5-7-17-9(11)2/h9-12,15H,3-8H2,1-2H3. The van der Waals surface area contributed by atoms with Crippen molar-refractivity contribution in [3.05, 3.63) is 0 Å². The van der Waals surface area contributed by atoms with E-state index < -0.39 is 0 Å². The molecule has 1 N–H and O–H groups in total. The molecule has 0 aliphatic carbocycles. The monoisotopic (exact) mass is 241 g/mol. The molecule has 4 heteroatoms. The number of amides is 1. The molecular formula is C13H23NO3. The maximum absolute atomic E-state index is 12.3. The highest BCUT2D eigenvalue weighted by atomic mass is 16.5. The zero-order valence-corrected chi connectivity index (χ0v) is 10.8. The van der Waals surface area contributed by atoms with Crippen molar-refractivity contribution >= 4 is 5.91 Å². The van der Waals surface area contributed by atoms with E-state index in [9.17, 15) is 9.90 Å². The number of carbonyl (C=O) groups excluding carboxylic acids is 1.